The van der Waals surface area contributed by atoms with Crippen molar-refractivity contribution in [3.63, 3.8) is 0 Å². The van der Waals surface area contributed by atoms with Crippen LogP contribution in [0.5, 0.6) is 5.75 Å². The lowest BCUT2D eigenvalue weighted by atomic mass is 10.0. The van der Waals surface area contributed by atoms with Gasteiger partial charge in [-0.25, -0.2) is 4.79 Å². The van der Waals surface area contributed by atoms with Gasteiger partial charge in [0.05, 0.1) is 12.7 Å². The van der Waals surface area contributed by atoms with Crippen LogP contribution in [-0.4, -0.2) is 31.6 Å². The fraction of sp³-hybridized carbons (Fsp3) is 0.250. The van der Waals surface area contributed by atoms with E-state index in [1.54, 1.807) is 19.2 Å². The molecule has 0 fully saturated rings. The monoisotopic (exact) mass is 391 g/mol. The summed E-state index contributed by atoms with van der Waals surface area (Å²) in [5.41, 5.74) is 1.64. The number of nitrogens with one attached hydrogen (secondary N) is 1. The second-order valence-corrected chi connectivity index (χ2v) is 6.93. The summed E-state index contributed by atoms with van der Waals surface area (Å²) in [6.07, 6.45) is 1.69. The van der Waals surface area contributed by atoms with Gasteiger partial charge in [-0.1, -0.05) is 54.6 Å². The molecule has 1 atom stereocenters. The Bertz CT molecular complexity index is 985. The number of carbonyl (C=O) groups excluding carboxylic acids is 2. The lowest BCUT2D eigenvalue weighted by molar-refractivity contribution is -0.124. The Hall–Kier alpha value is -3.34. The van der Waals surface area contributed by atoms with Crippen LogP contribution in [0.3, 0.4) is 0 Å². The van der Waals surface area contributed by atoms with Gasteiger partial charge in [0, 0.05) is 11.4 Å². The lowest BCUT2D eigenvalue weighted by Gasteiger charge is -2.14. The maximum absolute atomic E-state index is 12.5. The minimum absolute atomic E-state index is 0.0109. The zero-order chi connectivity index (χ0) is 20.6. The van der Waals surface area contributed by atoms with Crippen molar-refractivity contribution in [3.05, 3.63) is 77.9 Å². The molecular formula is C24H25NO4. The van der Waals surface area contributed by atoms with E-state index in [2.05, 4.69) is 17.4 Å². The molecule has 0 aliphatic carbocycles. The van der Waals surface area contributed by atoms with E-state index in [9.17, 15) is 9.59 Å². The van der Waals surface area contributed by atoms with Crippen LogP contribution in [0.2, 0.25) is 0 Å². The average Bonchev–Trinajstić information content (AvgIpc) is 2.76. The highest BCUT2D eigenvalue weighted by Gasteiger charge is 2.16. The Morgan fingerprint density at radius 1 is 0.931 bits per heavy atom. The molecular weight excluding hydrogens is 366 g/mol. The van der Waals surface area contributed by atoms with Gasteiger partial charge in [-0.3, -0.25) is 4.79 Å². The van der Waals surface area contributed by atoms with Crippen molar-refractivity contribution in [2.75, 3.05) is 13.7 Å². The van der Waals surface area contributed by atoms with Gasteiger partial charge in [-0.2, -0.15) is 0 Å². The minimum atomic E-state index is -0.532. The predicted molar refractivity (Wildman–Crippen MR) is 113 cm³/mol. The van der Waals surface area contributed by atoms with Gasteiger partial charge in [0.15, 0.2) is 6.61 Å². The molecule has 0 aromatic heterocycles. The van der Waals surface area contributed by atoms with Crippen molar-refractivity contribution in [3.8, 4) is 5.75 Å². The smallest absolute Gasteiger partial charge is 0.339 e. The van der Waals surface area contributed by atoms with Crippen LogP contribution in [0.4, 0.5) is 0 Å². The zero-order valence-electron chi connectivity index (χ0n) is 16.7. The summed E-state index contributed by atoms with van der Waals surface area (Å²) in [7, 11) is 1.59. The van der Waals surface area contributed by atoms with Crippen molar-refractivity contribution in [1.82, 2.24) is 5.32 Å². The van der Waals surface area contributed by atoms with Gasteiger partial charge in [0.2, 0.25) is 0 Å². The van der Waals surface area contributed by atoms with Crippen LogP contribution < -0.4 is 10.1 Å². The Morgan fingerprint density at radius 2 is 1.62 bits per heavy atom. The Kier molecular flexibility index (Phi) is 6.85. The van der Waals surface area contributed by atoms with E-state index < -0.39 is 5.97 Å². The fourth-order valence-corrected chi connectivity index (χ4v) is 3.25. The standard InChI is InChI=1S/C24H25NO4/c1-17(12-13-18-8-4-3-5-9-18)25-23(26)16-29-24(27)21-14-15-22(28-2)20-11-7-6-10-19(20)21/h3-11,14-15,17H,12-13,16H2,1-2H3,(H,25,26)/t17-/m0/s1. The van der Waals surface area contributed by atoms with Gasteiger partial charge in [0.25, 0.3) is 5.91 Å². The number of ether oxygens (including phenoxy) is 2. The maximum atomic E-state index is 12.5. The Balaban J connectivity index is 1.54. The molecule has 5 heteroatoms. The van der Waals surface area contributed by atoms with E-state index in [0.717, 1.165) is 23.6 Å². The first-order chi connectivity index (χ1) is 14.1. The van der Waals surface area contributed by atoms with Crippen LogP contribution in [0.15, 0.2) is 66.7 Å². The quantitative estimate of drug-likeness (QED) is 0.586. The van der Waals surface area contributed by atoms with Crippen LogP contribution in [0.1, 0.15) is 29.3 Å². The summed E-state index contributed by atoms with van der Waals surface area (Å²) >= 11 is 0. The van der Waals surface area contributed by atoms with Crippen molar-refractivity contribution >= 4 is 22.6 Å². The SMILES string of the molecule is COc1ccc(C(=O)OCC(=O)N[C@@H](C)CCc2ccccc2)c2ccccc12. The molecule has 29 heavy (non-hydrogen) atoms. The van der Waals surface area contributed by atoms with E-state index >= 15 is 0 Å². The van der Waals surface area contributed by atoms with Gasteiger partial charge < -0.3 is 14.8 Å². The van der Waals surface area contributed by atoms with Gasteiger partial charge >= 0.3 is 5.97 Å². The molecule has 150 valence electrons. The first kappa shape index (κ1) is 20.4. The van der Waals surface area contributed by atoms with Crippen molar-refractivity contribution in [1.29, 1.82) is 0 Å². The number of fused-ring (bicyclic) bond motifs is 1. The van der Waals surface area contributed by atoms with Crippen molar-refractivity contribution < 1.29 is 19.1 Å². The van der Waals surface area contributed by atoms with Crippen LogP contribution in [-0.2, 0) is 16.0 Å². The van der Waals surface area contributed by atoms with E-state index in [1.807, 2.05) is 49.4 Å². The number of methoxy groups -OCH3 is 1. The molecule has 0 aliphatic heterocycles. The zero-order valence-corrected chi connectivity index (χ0v) is 16.7. The molecule has 1 N–H and O–H groups in total. The number of esters is 1. The molecule has 3 rings (SSSR count). The number of aryl methyl sites for hydroxylation is 1. The average molecular weight is 391 g/mol. The molecule has 0 heterocycles. The third-order valence-corrected chi connectivity index (χ3v) is 4.77. The third kappa shape index (κ3) is 5.35. The normalized spacial score (nSPS) is 11.7. The summed E-state index contributed by atoms with van der Waals surface area (Å²) in [5.74, 6) is -0.158. The number of hydrogen-bond acceptors (Lipinski definition) is 4. The molecule has 0 spiro atoms. The highest BCUT2D eigenvalue weighted by molar-refractivity contribution is 6.06. The van der Waals surface area contributed by atoms with Gasteiger partial charge in [0.1, 0.15) is 5.75 Å². The van der Waals surface area contributed by atoms with Crippen molar-refractivity contribution in [2.24, 2.45) is 0 Å². The summed E-state index contributed by atoms with van der Waals surface area (Å²) in [4.78, 5) is 24.7. The number of hydrogen-bond donors (Lipinski definition) is 1. The summed E-state index contributed by atoms with van der Waals surface area (Å²) in [6.45, 7) is 1.63. The highest BCUT2D eigenvalue weighted by atomic mass is 16.5. The van der Waals surface area contributed by atoms with E-state index in [0.29, 0.717) is 11.3 Å². The largest absolute Gasteiger partial charge is 0.496 e. The minimum Gasteiger partial charge on any atom is -0.496 e. The Morgan fingerprint density at radius 3 is 2.34 bits per heavy atom. The summed E-state index contributed by atoms with van der Waals surface area (Å²) in [5, 5.41) is 4.43. The number of amides is 1. The van der Waals surface area contributed by atoms with Crippen LogP contribution in [0, 0.1) is 0 Å². The lowest BCUT2D eigenvalue weighted by Crippen LogP contribution is -2.36. The van der Waals surface area contributed by atoms with E-state index in [-0.39, 0.29) is 18.6 Å². The van der Waals surface area contributed by atoms with E-state index in [1.165, 1.54) is 5.56 Å². The van der Waals surface area contributed by atoms with Crippen LogP contribution in [0.25, 0.3) is 10.8 Å². The van der Waals surface area contributed by atoms with Crippen LogP contribution >= 0.6 is 0 Å². The Labute approximate surface area is 170 Å². The molecule has 0 bridgehead atoms. The fourth-order valence-electron chi connectivity index (χ4n) is 3.25. The summed E-state index contributed by atoms with van der Waals surface area (Å²) in [6, 6.07) is 20.9. The second-order valence-electron chi connectivity index (χ2n) is 6.93. The summed E-state index contributed by atoms with van der Waals surface area (Å²) < 4.78 is 10.6. The maximum Gasteiger partial charge on any atom is 0.339 e. The van der Waals surface area contributed by atoms with E-state index in [4.69, 9.17) is 9.47 Å². The highest BCUT2D eigenvalue weighted by Crippen LogP contribution is 2.28. The molecule has 0 saturated heterocycles. The molecule has 0 aliphatic rings. The number of carbonyl (C=O) groups is 2. The first-order valence-electron chi connectivity index (χ1n) is 9.64. The first-order valence-corrected chi connectivity index (χ1v) is 9.64. The topological polar surface area (TPSA) is 64.6 Å². The molecule has 0 unspecified atom stereocenters. The molecule has 3 aromatic carbocycles. The van der Waals surface area contributed by atoms with Gasteiger partial charge in [-0.15, -0.1) is 0 Å². The number of rotatable bonds is 8. The van der Waals surface area contributed by atoms with Gasteiger partial charge in [-0.05, 0) is 42.8 Å². The molecule has 0 radical (unpaired) electrons. The third-order valence-electron chi connectivity index (χ3n) is 4.77. The molecule has 1 amide bonds. The molecule has 0 saturated carbocycles. The predicted octanol–water partition coefficient (Wildman–Crippen LogP) is 4.14. The second kappa shape index (κ2) is 9.73. The van der Waals surface area contributed by atoms with Crippen molar-refractivity contribution in [2.45, 2.75) is 25.8 Å². The molecule has 3 aromatic rings. The molecule has 5 nitrogen and oxygen atoms in total. The number of benzene rings is 3.